The van der Waals surface area contributed by atoms with E-state index in [1.54, 1.807) is 0 Å². The van der Waals surface area contributed by atoms with Crippen molar-refractivity contribution in [3.05, 3.63) is 0 Å². The van der Waals surface area contributed by atoms with Crippen LogP contribution < -0.4 is 0 Å². The molecule has 0 saturated heterocycles. The van der Waals surface area contributed by atoms with Crippen molar-refractivity contribution in [3.63, 3.8) is 0 Å². The van der Waals surface area contributed by atoms with Crippen molar-refractivity contribution < 1.29 is 80.2 Å². The predicted octanol–water partition coefficient (Wildman–Crippen LogP) is 25.1. The molecule has 0 bridgehead atoms. The van der Waals surface area contributed by atoms with E-state index in [9.17, 15) is 43.2 Å². The normalized spacial score (nSPS) is 14.1. The second-order valence-electron chi connectivity index (χ2n) is 30.6. The van der Waals surface area contributed by atoms with Crippen molar-refractivity contribution in [1.82, 2.24) is 0 Å². The Morgan fingerprint density at radius 1 is 0.284 bits per heavy atom. The number of aliphatic hydroxyl groups excluding tert-OH is 1. The molecule has 0 aliphatic heterocycles. The summed E-state index contributed by atoms with van der Waals surface area (Å²) in [6.07, 6.45) is 65.3. The Morgan fingerprint density at radius 2 is 0.500 bits per heavy atom. The van der Waals surface area contributed by atoms with Crippen LogP contribution in [0.4, 0.5) is 0 Å². The van der Waals surface area contributed by atoms with Crippen LogP contribution >= 0.6 is 15.6 Å². The number of aliphatic hydroxyl groups is 1. The Morgan fingerprint density at radius 3 is 0.745 bits per heavy atom. The van der Waals surface area contributed by atoms with Crippen LogP contribution in [0.2, 0.25) is 0 Å². The fourth-order valence-corrected chi connectivity index (χ4v) is 14.4. The standard InChI is InChI=1S/C83H162O17P2/c1-7-10-12-14-16-18-20-22-24-30-34-37-41-47-53-59-65-80(85)93-71-78(99-82(87)68-62-56-49-43-39-35-31-28-26-25-27-29-32-36-40-46-52-58-64-76(6)9-3)73-97-101(89,90)95-69-77(84)70-96-102(91,92)98-74-79(72-94-81(86)66-60-54-50-44-45-51-57-63-75(4)5)100-83(88)67-61-55-48-42-38-33-23-21-19-17-15-13-11-8-2/h75-79,84H,7-74H2,1-6H3,(H,89,90)(H,91,92)/t76?,77-,78-,79-/m1/s1. The van der Waals surface area contributed by atoms with Gasteiger partial charge >= 0.3 is 39.5 Å². The zero-order valence-corrected chi connectivity index (χ0v) is 68.7. The highest BCUT2D eigenvalue weighted by molar-refractivity contribution is 7.47. The maximum Gasteiger partial charge on any atom is 0.472 e. The van der Waals surface area contributed by atoms with Crippen LogP contribution in [0.25, 0.3) is 0 Å². The van der Waals surface area contributed by atoms with E-state index in [2.05, 4.69) is 41.5 Å². The molecule has 0 aliphatic rings. The van der Waals surface area contributed by atoms with Gasteiger partial charge in [-0.15, -0.1) is 0 Å². The number of phosphoric acid groups is 2. The second-order valence-corrected chi connectivity index (χ2v) is 33.5. The van der Waals surface area contributed by atoms with Crippen LogP contribution in [0.1, 0.15) is 440 Å². The van der Waals surface area contributed by atoms with Gasteiger partial charge in [0.2, 0.25) is 0 Å². The summed E-state index contributed by atoms with van der Waals surface area (Å²) >= 11 is 0. The summed E-state index contributed by atoms with van der Waals surface area (Å²) in [6, 6.07) is 0. The van der Waals surface area contributed by atoms with Crippen molar-refractivity contribution in [3.8, 4) is 0 Å². The summed E-state index contributed by atoms with van der Waals surface area (Å²) in [5, 5.41) is 10.7. The molecule has 0 aromatic heterocycles. The Kier molecular flexibility index (Phi) is 73.1. The van der Waals surface area contributed by atoms with Crippen molar-refractivity contribution >= 4 is 39.5 Å². The van der Waals surface area contributed by atoms with Gasteiger partial charge in [-0.25, -0.2) is 9.13 Å². The minimum absolute atomic E-state index is 0.107. The molecule has 606 valence electrons. The highest BCUT2D eigenvalue weighted by Gasteiger charge is 2.30. The monoisotopic (exact) mass is 1490 g/mol. The third-order valence-corrected chi connectivity index (χ3v) is 21.7. The molecule has 3 N–H and O–H groups in total. The SMILES string of the molecule is CCCCCCCCCCCCCCCCCCC(=O)OC[C@H](COP(=O)(O)OC[C@@H](O)COP(=O)(O)OC[C@@H](COC(=O)CCCCCCCCCC(C)C)OC(=O)CCCCCCCCCCCCCCCC)OC(=O)CCCCCCCCCCCCCCCCCCCCC(C)CC. The third-order valence-electron chi connectivity index (χ3n) is 19.8. The smallest absolute Gasteiger partial charge is 0.462 e. The Hall–Kier alpha value is -1.94. The lowest BCUT2D eigenvalue weighted by molar-refractivity contribution is -0.161. The zero-order valence-electron chi connectivity index (χ0n) is 66.9. The zero-order chi connectivity index (χ0) is 74.9. The number of carbonyl (C=O) groups excluding carboxylic acids is 4. The van der Waals surface area contributed by atoms with E-state index in [1.165, 1.54) is 250 Å². The van der Waals surface area contributed by atoms with Gasteiger partial charge in [-0.3, -0.25) is 37.3 Å². The second kappa shape index (κ2) is 74.5. The van der Waals surface area contributed by atoms with E-state index in [0.717, 1.165) is 102 Å². The molecule has 19 heteroatoms. The quantitative estimate of drug-likeness (QED) is 0.0222. The fourth-order valence-electron chi connectivity index (χ4n) is 12.9. The molecular weight excluding hydrogens is 1330 g/mol. The minimum atomic E-state index is -4.96. The minimum Gasteiger partial charge on any atom is -0.462 e. The van der Waals surface area contributed by atoms with Crippen molar-refractivity contribution in [2.75, 3.05) is 39.6 Å². The molecule has 3 unspecified atom stereocenters. The molecule has 0 saturated carbocycles. The summed E-state index contributed by atoms with van der Waals surface area (Å²) in [5.41, 5.74) is 0. The fraction of sp³-hybridized carbons (Fsp3) is 0.952. The van der Waals surface area contributed by atoms with Gasteiger partial charge in [0.05, 0.1) is 26.4 Å². The van der Waals surface area contributed by atoms with E-state index in [4.69, 9.17) is 37.0 Å². The first kappa shape index (κ1) is 100. The van der Waals surface area contributed by atoms with E-state index in [1.807, 2.05) is 0 Å². The lowest BCUT2D eigenvalue weighted by atomic mass is 9.99. The average Bonchev–Trinajstić information content (AvgIpc) is 0.910. The molecule has 0 fully saturated rings. The molecule has 0 rings (SSSR count). The Labute approximate surface area is 626 Å². The summed E-state index contributed by atoms with van der Waals surface area (Å²) in [5.74, 6) is -0.530. The maximum atomic E-state index is 13.1. The summed E-state index contributed by atoms with van der Waals surface area (Å²) < 4.78 is 68.8. The van der Waals surface area contributed by atoms with Crippen LogP contribution in [-0.2, 0) is 65.4 Å². The molecule has 0 radical (unpaired) electrons. The first-order chi connectivity index (χ1) is 49.4. The molecule has 0 amide bonds. The molecular formula is C83H162O17P2. The van der Waals surface area contributed by atoms with Gasteiger partial charge < -0.3 is 33.8 Å². The van der Waals surface area contributed by atoms with Crippen LogP contribution in [0.3, 0.4) is 0 Å². The molecule has 6 atom stereocenters. The number of unbranched alkanes of at least 4 members (excludes halogenated alkanes) is 51. The number of ether oxygens (including phenoxy) is 4. The third kappa shape index (κ3) is 74.9. The summed E-state index contributed by atoms with van der Waals surface area (Å²) in [4.78, 5) is 73.1. The summed E-state index contributed by atoms with van der Waals surface area (Å²) in [7, 11) is -9.92. The first-order valence-electron chi connectivity index (χ1n) is 43.0. The largest absolute Gasteiger partial charge is 0.472 e. The van der Waals surface area contributed by atoms with Gasteiger partial charge in [0, 0.05) is 25.7 Å². The van der Waals surface area contributed by atoms with Crippen LogP contribution in [-0.4, -0.2) is 96.7 Å². The molecule has 17 nitrogen and oxygen atoms in total. The Balaban J connectivity index is 5.21. The summed E-state index contributed by atoms with van der Waals surface area (Å²) in [6.45, 7) is 9.66. The number of carbonyl (C=O) groups is 4. The number of hydrogen-bond acceptors (Lipinski definition) is 15. The van der Waals surface area contributed by atoms with Gasteiger partial charge in [0.1, 0.15) is 19.3 Å². The van der Waals surface area contributed by atoms with E-state index < -0.39 is 97.5 Å². The molecule has 0 heterocycles. The maximum absolute atomic E-state index is 13.1. The number of esters is 4. The van der Waals surface area contributed by atoms with Gasteiger partial charge in [0.15, 0.2) is 12.2 Å². The van der Waals surface area contributed by atoms with Crippen LogP contribution in [0, 0.1) is 11.8 Å². The van der Waals surface area contributed by atoms with Crippen LogP contribution in [0.5, 0.6) is 0 Å². The lowest BCUT2D eigenvalue weighted by Crippen LogP contribution is -2.30. The van der Waals surface area contributed by atoms with Crippen LogP contribution in [0.15, 0.2) is 0 Å². The average molecular weight is 1490 g/mol. The van der Waals surface area contributed by atoms with Crippen molar-refractivity contribution in [1.29, 1.82) is 0 Å². The van der Waals surface area contributed by atoms with E-state index in [-0.39, 0.29) is 25.7 Å². The molecule has 0 aromatic rings. The molecule has 102 heavy (non-hydrogen) atoms. The first-order valence-corrected chi connectivity index (χ1v) is 46.0. The van der Waals surface area contributed by atoms with E-state index in [0.29, 0.717) is 31.6 Å². The van der Waals surface area contributed by atoms with Gasteiger partial charge in [-0.05, 0) is 37.5 Å². The van der Waals surface area contributed by atoms with Crippen molar-refractivity contribution in [2.45, 2.75) is 458 Å². The van der Waals surface area contributed by atoms with Crippen molar-refractivity contribution in [2.24, 2.45) is 11.8 Å². The highest BCUT2D eigenvalue weighted by atomic mass is 31.2. The van der Waals surface area contributed by atoms with Gasteiger partial charge in [-0.2, -0.15) is 0 Å². The number of phosphoric ester groups is 2. The number of hydrogen-bond donors (Lipinski definition) is 3. The van der Waals surface area contributed by atoms with Gasteiger partial charge in [0.25, 0.3) is 0 Å². The molecule has 0 aliphatic carbocycles. The highest BCUT2D eigenvalue weighted by Crippen LogP contribution is 2.45. The van der Waals surface area contributed by atoms with Gasteiger partial charge in [-0.1, -0.05) is 388 Å². The molecule has 0 spiro atoms. The predicted molar refractivity (Wildman–Crippen MR) is 418 cm³/mol. The lowest BCUT2D eigenvalue weighted by Gasteiger charge is -2.21. The number of rotatable bonds is 82. The molecule has 0 aromatic carbocycles. The Bertz CT molecular complexity index is 1960. The van der Waals surface area contributed by atoms with E-state index >= 15 is 0 Å². The topological polar surface area (TPSA) is 237 Å².